The zero-order chi connectivity index (χ0) is 39.7. The van der Waals surface area contributed by atoms with Gasteiger partial charge in [-0.2, -0.15) is 0 Å². The molecule has 1 aromatic carbocycles. The minimum absolute atomic E-state index is 0.0913. The van der Waals surface area contributed by atoms with Crippen LogP contribution in [-0.2, 0) is 47.0 Å². The molecule has 3 aliphatic carbocycles. The monoisotopic (exact) mass is 779 g/mol. The molecule has 5 amide bonds. The number of rotatable bonds is 6. The first-order valence-corrected chi connectivity index (χ1v) is 20.8. The molecule has 3 aliphatic heterocycles. The number of carbonyl (C=O) groups is 5. The van der Waals surface area contributed by atoms with Gasteiger partial charge in [0.25, 0.3) is 5.91 Å². The van der Waals surface area contributed by atoms with E-state index < -0.39 is 85.3 Å². The molecular formula is C40H53N5O9S. The first-order valence-electron chi connectivity index (χ1n) is 19.3. The van der Waals surface area contributed by atoms with Crippen molar-refractivity contribution in [3.63, 3.8) is 0 Å². The Kier molecular flexibility index (Phi) is 9.65. The summed E-state index contributed by atoms with van der Waals surface area (Å²) in [6.07, 6.45) is 7.63. The van der Waals surface area contributed by atoms with Crippen LogP contribution in [-0.4, -0.2) is 88.7 Å². The van der Waals surface area contributed by atoms with Crippen molar-refractivity contribution in [2.75, 3.05) is 6.54 Å². The van der Waals surface area contributed by atoms with Crippen LogP contribution >= 0.6 is 0 Å². The number of allylic oxidation sites excluding steroid dienone is 1. The molecule has 3 saturated carbocycles. The normalized spacial score (nSPS) is 33.5. The zero-order valence-electron chi connectivity index (χ0n) is 32.3. The number of nitrogens with one attached hydrogen (secondary N) is 3. The van der Waals surface area contributed by atoms with E-state index in [1.807, 2.05) is 25.1 Å². The van der Waals surface area contributed by atoms with Gasteiger partial charge < -0.3 is 25.0 Å². The van der Waals surface area contributed by atoms with Crippen LogP contribution in [0.2, 0.25) is 0 Å². The van der Waals surface area contributed by atoms with Crippen molar-refractivity contribution in [2.45, 2.75) is 133 Å². The lowest BCUT2D eigenvalue weighted by Gasteiger charge is -2.35. The van der Waals surface area contributed by atoms with Crippen LogP contribution in [0.1, 0.15) is 103 Å². The van der Waals surface area contributed by atoms with Gasteiger partial charge in [0.05, 0.1) is 17.8 Å². The van der Waals surface area contributed by atoms with Crippen molar-refractivity contribution in [1.29, 1.82) is 0 Å². The summed E-state index contributed by atoms with van der Waals surface area (Å²) in [6, 6.07) is 3.60. The first-order chi connectivity index (χ1) is 25.8. The molecule has 0 aromatic heterocycles. The van der Waals surface area contributed by atoms with Crippen LogP contribution in [0, 0.1) is 17.3 Å². The van der Waals surface area contributed by atoms with Crippen molar-refractivity contribution < 1.29 is 41.9 Å². The summed E-state index contributed by atoms with van der Waals surface area (Å²) in [7, 11) is -4.01. The summed E-state index contributed by atoms with van der Waals surface area (Å²) in [5, 5.41) is 5.56. The molecule has 55 heavy (non-hydrogen) atoms. The number of benzene rings is 1. The van der Waals surface area contributed by atoms with Gasteiger partial charge in [0.2, 0.25) is 21.8 Å². The van der Waals surface area contributed by atoms with Crippen LogP contribution in [0.25, 0.3) is 6.08 Å². The second-order valence-corrected chi connectivity index (χ2v) is 20.1. The van der Waals surface area contributed by atoms with E-state index in [0.29, 0.717) is 32.4 Å². The summed E-state index contributed by atoms with van der Waals surface area (Å²) >= 11 is 0. The quantitative estimate of drug-likeness (QED) is 0.355. The standard InChI is InChI=1S/C40H53N5O9S/c1-7-26-20-40(26,34(48)43-55(51,52)38(5)16-17-38)42-32(46)30-18-28-22-45(30)33(47)31(37(2,3)4)41-35(49)54-39(6)19-27(39)15-10-8-9-12-24-13-11-14-25-21-44(23-29(24)25)36(50)53-28/h7,9,11-14,26-28,30-31H,1,8,10,15-23H2,2-6H3,(H,41,49)(H,42,46)(H,43,48)/b12-9+. The Hall–Kier alpha value is -4.40. The summed E-state index contributed by atoms with van der Waals surface area (Å²) < 4.78 is 39.1. The number of nitrogens with zero attached hydrogens (tertiary/aromatic N) is 2. The number of fused-ring (bicyclic) bond motifs is 4. The fraction of sp³-hybridized carbons (Fsp3) is 0.625. The van der Waals surface area contributed by atoms with Gasteiger partial charge >= 0.3 is 12.2 Å². The summed E-state index contributed by atoms with van der Waals surface area (Å²) in [5.74, 6) is -2.55. The molecule has 3 heterocycles. The third kappa shape index (κ3) is 7.48. The van der Waals surface area contributed by atoms with Crippen molar-refractivity contribution in [2.24, 2.45) is 17.3 Å². The lowest BCUT2D eigenvalue weighted by atomic mass is 9.85. The van der Waals surface area contributed by atoms with Gasteiger partial charge in [-0.3, -0.25) is 24.0 Å². The molecule has 7 atom stereocenters. The smallest absolute Gasteiger partial charge is 0.410 e. The molecule has 4 bridgehead atoms. The van der Waals surface area contributed by atoms with E-state index in [1.165, 1.54) is 11.0 Å². The number of alkyl carbamates (subject to hydrolysis) is 1. The predicted octanol–water partition coefficient (Wildman–Crippen LogP) is 4.28. The second kappa shape index (κ2) is 13.7. The molecule has 1 aromatic rings. The molecule has 3 N–H and O–H groups in total. The van der Waals surface area contributed by atoms with E-state index in [2.05, 4.69) is 34.1 Å². The van der Waals surface area contributed by atoms with Crippen molar-refractivity contribution in [3.8, 4) is 0 Å². The molecule has 15 heteroatoms. The SMILES string of the molecule is C=CC1CC1(NC(=O)C1CC2CN1C(=O)C(C(C)(C)C)NC(=O)OC1(C)CC1CCC/C=C/c1cccc3c1CN(C3)C(=O)O2)C(=O)NS(=O)(=O)C1(C)CC1. The van der Waals surface area contributed by atoms with Crippen LogP contribution in [0.3, 0.4) is 0 Å². The number of sulfonamides is 1. The topological polar surface area (TPSA) is 181 Å². The summed E-state index contributed by atoms with van der Waals surface area (Å²) in [6.45, 7) is 13.1. The Bertz CT molecular complexity index is 1950. The third-order valence-electron chi connectivity index (χ3n) is 12.6. The first kappa shape index (κ1) is 38.9. The molecule has 1 saturated heterocycles. The van der Waals surface area contributed by atoms with Crippen molar-refractivity contribution in [3.05, 3.63) is 53.6 Å². The van der Waals surface area contributed by atoms with Gasteiger partial charge in [0.1, 0.15) is 29.3 Å². The number of ether oxygens (including phenoxy) is 2. The van der Waals surface area contributed by atoms with E-state index >= 15 is 0 Å². The third-order valence-corrected chi connectivity index (χ3v) is 14.7. The average Bonchev–Trinajstić information content (AvgIpc) is 4.04. The summed E-state index contributed by atoms with van der Waals surface area (Å²) in [5.41, 5.74) is -0.0349. The van der Waals surface area contributed by atoms with Gasteiger partial charge in [-0.25, -0.2) is 18.0 Å². The Morgan fingerprint density at radius 1 is 1.09 bits per heavy atom. The summed E-state index contributed by atoms with van der Waals surface area (Å²) in [4.78, 5) is 72.5. The van der Waals surface area contributed by atoms with Crippen molar-refractivity contribution in [1.82, 2.24) is 25.2 Å². The molecule has 4 fully saturated rings. The maximum atomic E-state index is 14.6. The molecule has 298 valence electrons. The van der Waals surface area contributed by atoms with E-state index in [0.717, 1.165) is 36.0 Å². The molecular weight excluding hydrogens is 727 g/mol. The predicted molar refractivity (Wildman–Crippen MR) is 202 cm³/mol. The number of amides is 5. The highest BCUT2D eigenvalue weighted by Crippen LogP contribution is 2.50. The van der Waals surface area contributed by atoms with Gasteiger partial charge in [-0.15, -0.1) is 6.58 Å². The fourth-order valence-electron chi connectivity index (χ4n) is 8.27. The largest absolute Gasteiger partial charge is 0.444 e. The van der Waals surface area contributed by atoms with Crippen LogP contribution in [0.15, 0.2) is 36.9 Å². The number of hydrogen-bond acceptors (Lipinski definition) is 9. The van der Waals surface area contributed by atoms with Gasteiger partial charge in [-0.05, 0) is 80.9 Å². The minimum Gasteiger partial charge on any atom is -0.444 e. The maximum absolute atomic E-state index is 14.6. The van der Waals surface area contributed by atoms with E-state index in [4.69, 9.17) is 9.47 Å². The van der Waals surface area contributed by atoms with Crippen LogP contribution in [0.5, 0.6) is 0 Å². The zero-order valence-corrected chi connectivity index (χ0v) is 33.1. The van der Waals surface area contributed by atoms with Gasteiger partial charge in [0, 0.05) is 24.8 Å². The second-order valence-electron chi connectivity index (χ2n) is 17.9. The molecule has 14 nitrogen and oxygen atoms in total. The Morgan fingerprint density at radius 2 is 1.84 bits per heavy atom. The minimum atomic E-state index is -4.01. The Labute approximate surface area is 322 Å². The Morgan fingerprint density at radius 3 is 2.51 bits per heavy atom. The Balaban J connectivity index is 1.17. The molecule has 0 radical (unpaired) electrons. The van der Waals surface area contributed by atoms with Gasteiger partial charge in [-0.1, -0.05) is 57.2 Å². The highest BCUT2D eigenvalue weighted by Gasteiger charge is 2.63. The maximum Gasteiger partial charge on any atom is 0.410 e. The lowest BCUT2D eigenvalue weighted by Crippen LogP contribution is -2.60. The lowest BCUT2D eigenvalue weighted by molar-refractivity contribution is -0.143. The molecule has 7 unspecified atom stereocenters. The average molecular weight is 780 g/mol. The van der Waals surface area contributed by atoms with Crippen molar-refractivity contribution >= 4 is 46.0 Å². The molecule has 7 rings (SSSR count). The fourth-order valence-corrected chi connectivity index (χ4v) is 9.58. The van der Waals surface area contributed by atoms with Crippen LogP contribution in [0.4, 0.5) is 9.59 Å². The highest BCUT2D eigenvalue weighted by atomic mass is 32.2. The van der Waals surface area contributed by atoms with E-state index in [9.17, 15) is 32.4 Å². The highest BCUT2D eigenvalue weighted by molar-refractivity contribution is 7.91. The van der Waals surface area contributed by atoms with E-state index in [1.54, 1.807) is 32.6 Å². The molecule has 6 aliphatic rings. The van der Waals surface area contributed by atoms with Crippen LogP contribution < -0.4 is 15.4 Å². The van der Waals surface area contributed by atoms with E-state index in [-0.39, 0.29) is 25.3 Å². The molecule has 0 spiro atoms. The number of hydrogen-bond donors (Lipinski definition) is 3. The van der Waals surface area contributed by atoms with Gasteiger partial charge in [0.15, 0.2) is 0 Å². The number of carbonyl (C=O) groups excluding carboxylic acids is 5.